The summed E-state index contributed by atoms with van der Waals surface area (Å²) in [6, 6.07) is 7.97. The van der Waals surface area contributed by atoms with Crippen LogP contribution in [0.5, 0.6) is 0 Å². The zero-order valence-electron chi connectivity index (χ0n) is 25.7. The molecule has 1 saturated carbocycles. The molecule has 3 aliphatic rings. The Morgan fingerprint density at radius 2 is 1.48 bits per heavy atom. The summed E-state index contributed by atoms with van der Waals surface area (Å²) < 4.78 is 11.1. The molecule has 0 bridgehead atoms. The number of hydrogen-bond acceptors (Lipinski definition) is 6. The van der Waals surface area contributed by atoms with Crippen LogP contribution in [0.2, 0.25) is 0 Å². The van der Waals surface area contributed by atoms with Gasteiger partial charge in [0.1, 0.15) is 23.1 Å². The topological polar surface area (TPSA) is 117 Å². The molecule has 10 heteroatoms. The van der Waals surface area contributed by atoms with Crippen molar-refractivity contribution < 1.29 is 23.9 Å². The van der Waals surface area contributed by atoms with Gasteiger partial charge in [-0.25, -0.2) is 14.6 Å². The van der Waals surface area contributed by atoms with Crippen LogP contribution in [0.3, 0.4) is 0 Å². The SMILES string of the molecule is CC(C)(C)OC(=O)N1CCCC1C(=O)NC1CC(c2ccc(-c3c[nH]c([C@@H]4CCCN4C(=O)OC(C)(C)C)n3)cc2)C1. The number of imidazole rings is 1. The number of benzene rings is 1. The summed E-state index contributed by atoms with van der Waals surface area (Å²) in [6.45, 7) is 12.3. The predicted molar refractivity (Wildman–Crippen MR) is 159 cm³/mol. The van der Waals surface area contributed by atoms with Gasteiger partial charge in [-0.2, -0.15) is 0 Å². The van der Waals surface area contributed by atoms with Gasteiger partial charge in [0.2, 0.25) is 5.91 Å². The van der Waals surface area contributed by atoms with Crippen molar-refractivity contribution in [1.29, 1.82) is 0 Å². The van der Waals surface area contributed by atoms with Crippen LogP contribution in [0.1, 0.15) is 103 Å². The lowest BCUT2D eigenvalue weighted by Crippen LogP contribution is -2.52. The second-order valence-corrected chi connectivity index (χ2v) is 13.8. The number of amides is 3. The average Bonchev–Trinajstić information content (AvgIpc) is 3.64. The highest BCUT2D eigenvalue weighted by Crippen LogP contribution is 2.38. The molecule has 228 valence electrons. The minimum Gasteiger partial charge on any atom is -0.444 e. The first-order valence-corrected chi connectivity index (χ1v) is 15.2. The quantitative estimate of drug-likeness (QED) is 0.455. The van der Waals surface area contributed by atoms with E-state index in [2.05, 4.69) is 34.6 Å². The lowest BCUT2D eigenvalue weighted by Gasteiger charge is -2.37. The Kier molecular flexibility index (Phi) is 8.27. The molecular weight excluding hydrogens is 534 g/mol. The molecule has 2 aromatic rings. The maximum absolute atomic E-state index is 13.0. The zero-order valence-corrected chi connectivity index (χ0v) is 25.7. The Labute approximate surface area is 248 Å². The number of rotatable bonds is 5. The van der Waals surface area contributed by atoms with E-state index in [9.17, 15) is 14.4 Å². The maximum atomic E-state index is 13.0. The summed E-state index contributed by atoms with van der Waals surface area (Å²) in [6.07, 6.45) is 6.16. The second-order valence-electron chi connectivity index (χ2n) is 13.8. The average molecular weight is 580 g/mol. The summed E-state index contributed by atoms with van der Waals surface area (Å²) in [5.41, 5.74) is 1.97. The fraction of sp³-hybridized carbons (Fsp3) is 0.625. The number of H-pyrrole nitrogens is 1. The van der Waals surface area contributed by atoms with Crippen molar-refractivity contribution in [2.45, 2.75) is 115 Å². The van der Waals surface area contributed by atoms with Gasteiger partial charge in [0.25, 0.3) is 0 Å². The van der Waals surface area contributed by atoms with Gasteiger partial charge in [0.05, 0.1) is 11.7 Å². The van der Waals surface area contributed by atoms with Gasteiger partial charge in [-0.1, -0.05) is 24.3 Å². The van der Waals surface area contributed by atoms with E-state index in [0.717, 1.165) is 49.2 Å². The number of likely N-dealkylation sites (tertiary alicyclic amines) is 2. The van der Waals surface area contributed by atoms with Gasteiger partial charge in [-0.3, -0.25) is 14.6 Å². The standard InChI is InChI=1S/C32H45N5O5/c1-31(2,3)41-29(39)36-15-7-9-25(36)27-33-19-24(35-27)21-13-11-20(12-14-21)22-17-23(18-22)34-28(38)26-10-8-16-37(26)30(40)42-32(4,5)6/h11-14,19,22-23,25-26H,7-10,15-18H2,1-6H3,(H,33,35)(H,34,38)/t22?,23?,25-,26?/m0/s1. The lowest BCUT2D eigenvalue weighted by molar-refractivity contribution is -0.126. The fourth-order valence-electron chi connectivity index (χ4n) is 6.05. The smallest absolute Gasteiger partial charge is 0.410 e. The molecule has 2 aliphatic heterocycles. The number of aromatic amines is 1. The second kappa shape index (κ2) is 11.6. The Bertz CT molecular complexity index is 1290. The minimum atomic E-state index is -0.587. The highest BCUT2D eigenvalue weighted by atomic mass is 16.6. The lowest BCUT2D eigenvalue weighted by atomic mass is 9.75. The van der Waals surface area contributed by atoms with Crippen molar-refractivity contribution >= 4 is 18.1 Å². The molecule has 3 fully saturated rings. The fourth-order valence-corrected chi connectivity index (χ4v) is 6.05. The number of nitrogens with one attached hydrogen (secondary N) is 2. The third kappa shape index (κ3) is 6.90. The Balaban J connectivity index is 1.13. The number of ether oxygens (including phenoxy) is 2. The summed E-state index contributed by atoms with van der Waals surface area (Å²) >= 11 is 0. The largest absolute Gasteiger partial charge is 0.444 e. The summed E-state index contributed by atoms with van der Waals surface area (Å²) in [7, 11) is 0. The number of aromatic nitrogens is 2. The molecule has 0 radical (unpaired) electrons. The van der Waals surface area contributed by atoms with Gasteiger partial charge < -0.3 is 19.8 Å². The molecule has 1 aliphatic carbocycles. The molecule has 1 aromatic carbocycles. The highest BCUT2D eigenvalue weighted by molar-refractivity contribution is 5.86. The van der Waals surface area contributed by atoms with Gasteiger partial charge in [0, 0.05) is 30.9 Å². The first kappa shape index (κ1) is 29.9. The first-order chi connectivity index (χ1) is 19.8. The van der Waals surface area contributed by atoms with E-state index in [1.165, 1.54) is 5.56 Å². The van der Waals surface area contributed by atoms with E-state index in [1.807, 2.05) is 47.7 Å². The molecule has 5 rings (SSSR count). The Morgan fingerprint density at radius 3 is 2.12 bits per heavy atom. The van der Waals surface area contributed by atoms with Crippen LogP contribution >= 0.6 is 0 Å². The van der Waals surface area contributed by atoms with Crippen LogP contribution in [-0.2, 0) is 14.3 Å². The van der Waals surface area contributed by atoms with E-state index >= 15 is 0 Å². The van der Waals surface area contributed by atoms with Gasteiger partial charge in [0.15, 0.2) is 0 Å². The predicted octanol–water partition coefficient (Wildman–Crippen LogP) is 5.91. The number of carbonyl (C=O) groups excluding carboxylic acids is 3. The number of carbonyl (C=O) groups is 3. The summed E-state index contributed by atoms with van der Waals surface area (Å²) in [5.74, 6) is 1.08. The van der Waals surface area contributed by atoms with Crippen molar-refractivity contribution in [2.24, 2.45) is 0 Å². The van der Waals surface area contributed by atoms with E-state index in [-0.39, 0.29) is 24.1 Å². The number of nitrogens with zero attached hydrogens (tertiary/aromatic N) is 3. The van der Waals surface area contributed by atoms with Crippen molar-refractivity contribution in [3.05, 3.63) is 41.9 Å². The molecule has 3 heterocycles. The van der Waals surface area contributed by atoms with E-state index in [0.29, 0.717) is 25.4 Å². The number of hydrogen-bond donors (Lipinski definition) is 2. The zero-order chi connectivity index (χ0) is 30.2. The Hall–Kier alpha value is -3.56. The summed E-state index contributed by atoms with van der Waals surface area (Å²) in [5, 5.41) is 3.16. The van der Waals surface area contributed by atoms with Crippen LogP contribution in [0.15, 0.2) is 30.5 Å². The summed E-state index contributed by atoms with van der Waals surface area (Å²) in [4.78, 5) is 49.7. The molecular formula is C32H45N5O5. The molecule has 0 spiro atoms. The van der Waals surface area contributed by atoms with Gasteiger partial charge in [-0.05, 0) is 91.5 Å². The first-order valence-electron chi connectivity index (χ1n) is 15.2. The van der Waals surface area contributed by atoms with Crippen molar-refractivity contribution in [3.63, 3.8) is 0 Å². The van der Waals surface area contributed by atoms with Crippen LogP contribution in [0.4, 0.5) is 9.59 Å². The molecule has 1 unspecified atom stereocenters. The monoisotopic (exact) mass is 579 g/mol. The minimum absolute atomic E-state index is 0.0843. The third-order valence-corrected chi connectivity index (χ3v) is 8.14. The molecule has 1 aromatic heterocycles. The van der Waals surface area contributed by atoms with Crippen molar-refractivity contribution in [2.75, 3.05) is 13.1 Å². The van der Waals surface area contributed by atoms with Gasteiger partial charge >= 0.3 is 12.2 Å². The molecule has 2 N–H and O–H groups in total. The normalized spacial score (nSPS) is 24.3. The van der Waals surface area contributed by atoms with E-state index in [1.54, 1.807) is 9.80 Å². The molecule has 42 heavy (non-hydrogen) atoms. The van der Waals surface area contributed by atoms with Gasteiger partial charge in [-0.15, -0.1) is 0 Å². The van der Waals surface area contributed by atoms with Crippen LogP contribution in [0.25, 0.3) is 11.3 Å². The molecule has 10 nitrogen and oxygen atoms in total. The van der Waals surface area contributed by atoms with Crippen LogP contribution < -0.4 is 5.32 Å². The Morgan fingerprint density at radius 1 is 0.881 bits per heavy atom. The van der Waals surface area contributed by atoms with Crippen LogP contribution in [-0.4, -0.2) is 74.2 Å². The van der Waals surface area contributed by atoms with Crippen LogP contribution in [0, 0.1) is 0 Å². The molecule has 3 amide bonds. The van der Waals surface area contributed by atoms with E-state index < -0.39 is 23.3 Å². The third-order valence-electron chi connectivity index (χ3n) is 8.14. The van der Waals surface area contributed by atoms with E-state index in [4.69, 9.17) is 14.5 Å². The molecule has 2 atom stereocenters. The molecule has 2 saturated heterocycles. The highest BCUT2D eigenvalue weighted by Gasteiger charge is 2.39. The van der Waals surface area contributed by atoms with Crippen molar-refractivity contribution in [1.82, 2.24) is 25.1 Å². The maximum Gasteiger partial charge on any atom is 0.410 e. The van der Waals surface area contributed by atoms with Crippen molar-refractivity contribution in [3.8, 4) is 11.3 Å².